The van der Waals surface area contributed by atoms with Crippen LogP contribution in [0.1, 0.15) is 20.3 Å². The van der Waals surface area contributed by atoms with Gasteiger partial charge in [0.15, 0.2) is 0 Å². The molecule has 0 spiro atoms. The molecule has 15 heavy (non-hydrogen) atoms. The summed E-state index contributed by atoms with van der Waals surface area (Å²) in [5.41, 5.74) is 0. The quantitative estimate of drug-likeness (QED) is 0.722. The number of rotatable bonds is 4. The summed E-state index contributed by atoms with van der Waals surface area (Å²) in [6, 6.07) is 0.386. The van der Waals surface area contributed by atoms with E-state index in [4.69, 9.17) is 0 Å². The zero-order chi connectivity index (χ0) is 11.4. The Morgan fingerprint density at radius 3 is 2.67 bits per heavy atom. The Labute approximate surface area is 92.6 Å². The molecule has 1 amide bonds. The van der Waals surface area contributed by atoms with Gasteiger partial charge in [0.05, 0.1) is 6.04 Å². The average Bonchev–Trinajstić information content (AvgIpc) is 2.17. The van der Waals surface area contributed by atoms with Crippen molar-refractivity contribution in [3.63, 3.8) is 0 Å². The van der Waals surface area contributed by atoms with Crippen LogP contribution in [0.5, 0.6) is 0 Å². The number of piperazine rings is 1. The van der Waals surface area contributed by atoms with E-state index in [1.165, 1.54) is 0 Å². The third-order valence-electron chi connectivity index (χ3n) is 3.08. The summed E-state index contributed by atoms with van der Waals surface area (Å²) < 4.78 is 0. The van der Waals surface area contributed by atoms with Gasteiger partial charge >= 0.3 is 0 Å². The summed E-state index contributed by atoms with van der Waals surface area (Å²) in [4.78, 5) is 16.3. The molecule has 0 aliphatic carbocycles. The Kier molecular flexibility index (Phi) is 4.54. The van der Waals surface area contributed by atoms with Gasteiger partial charge in [-0.05, 0) is 40.9 Å². The third-order valence-corrected chi connectivity index (χ3v) is 3.08. The summed E-state index contributed by atoms with van der Waals surface area (Å²) in [5.74, 6) is 0.286. The molecule has 0 saturated carbocycles. The first kappa shape index (κ1) is 12.5. The Morgan fingerprint density at radius 2 is 2.13 bits per heavy atom. The third kappa shape index (κ3) is 2.92. The largest absolute Gasteiger partial charge is 0.338 e. The highest BCUT2D eigenvalue weighted by atomic mass is 16.2. The molecule has 1 unspecified atom stereocenters. The van der Waals surface area contributed by atoms with Crippen molar-refractivity contribution < 1.29 is 4.79 Å². The molecule has 4 heteroatoms. The maximum Gasteiger partial charge on any atom is 0.240 e. The second-order valence-corrected chi connectivity index (χ2v) is 4.51. The lowest BCUT2D eigenvalue weighted by atomic mass is 10.1. The molecule has 0 bridgehead atoms. The first-order chi connectivity index (χ1) is 7.07. The molecule has 1 heterocycles. The molecule has 1 aliphatic rings. The molecule has 0 aromatic carbocycles. The van der Waals surface area contributed by atoms with Crippen LogP contribution in [0.3, 0.4) is 0 Å². The minimum Gasteiger partial charge on any atom is -0.338 e. The molecule has 1 fully saturated rings. The molecule has 0 aromatic heterocycles. The summed E-state index contributed by atoms with van der Waals surface area (Å²) in [7, 11) is 3.96. The molecular weight excluding hydrogens is 190 g/mol. The Morgan fingerprint density at radius 1 is 1.47 bits per heavy atom. The first-order valence-electron chi connectivity index (χ1n) is 5.73. The van der Waals surface area contributed by atoms with Crippen LogP contribution in [0, 0.1) is 0 Å². The van der Waals surface area contributed by atoms with Gasteiger partial charge in [-0.25, -0.2) is 0 Å². The standard InChI is InChI=1S/C11H23N3O/c1-9(2)14-8-7-13(4)10(11(14)15)5-6-12-3/h9-10,12H,5-8H2,1-4H3. The van der Waals surface area contributed by atoms with Gasteiger partial charge in [0.25, 0.3) is 0 Å². The minimum atomic E-state index is 0.0635. The Hall–Kier alpha value is -0.610. The van der Waals surface area contributed by atoms with E-state index in [-0.39, 0.29) is 11.9 Å². The van der Waals surface area contributed by atoms with Crippen molar-refractivity contribution in [1.82, 2.24) is 15.1 Å². The average molecular weight is 213 g/mol. The molecule has 88 valence electrons. The highest BCUT2D eigenvalue weighted by Gasteiger charge is 2.32. The van der Waals surface area contributed by atoms with Gasteiger partial charge in [-0.15, -0.1) is 0 Å². The van der Waals surface area contributed by atoms with Crippen LogP contribution < -0.4 is 5.32 Å². The lowest BCUT2D eigenvalue weighted by molar-refractivity contribution is -0.143. The summed E-state index contributed by atoms with van der Waals surface area (Å²) >= 11 is 0. The van der Waals surface area contributed by atoms with Crippen LogP contribution in [0.4, 0.5) is 0 Å². The van der Waals surface area contributed by atoms with E-state index in [2.05, 4.69) is 24.1 Å². The zero-order valence-corrected chi connectivity index (χ0v) is 10.3. The number of amides is 1. The van der Waals surface area contributed by atoms with Gasteiger partial charge in [-0.1, -0.05) is 0 Å². The van der Waals surface area contributed by atoms with E-state index in [9.17, 15) is 4.79 Å². The lowest BCUT2D eigenvalue weighted by Crippen LogP contribution is -2.57. The lowest BCUT2D eigenvalue weighted by Gasteiger charge is -2.40. The van der Waals surface area contributed by atoms with E-state index in [1.54, 1.807) is 0 Å². The van der Waals surface area contributed by atoms with Crippen molar-refractivity contribution in [1.29, 1.82) is 0 Å². The zero-order valence-electron chi connectivity index (χ0n) is 10.3. The van der Waals surface area contributed by atoms with E-state index in [0.29, 0.717) is 6.04 Å². The summed E-state index contributed by atoms with van der Waals surface area (Å²) in [5, 5.41) is 3.10. The Bertz CT molecular complexity index is 218. The molecule has 1 atom stereocenters. The fourth-order valence-corrected chi connectivity index (χ4v) is 2.05. The SMILES string of the molecule is CNCCC1C(=O)N(C(C)C)CCN1C. The Balaban J connectivity index is 2.61. The number of hydrogen-bond acceptors (Lipinski definition) is 3. The maximum absolute atomic E-state index is 12.1. The second kappa shape index (κ2) is 5.47. The second-order valence-electron chi connectivity index (χ2n) is 4.51. The van der Waals surface area contributed by atoms with Gasteiger partial charge in [-0.3, -0.25) is 9.69 Å². The van der Waals surface area contributed by atoms with E-state index in [0.717, 1.165) is 26.1 Å². The molecule has 4 nitrogen and oxygen atoms in total. The number of nitrogens with one attached hydrogen (secondary N) is 1. The van der Waals surface area contributed by atoms with Crippen LogP contribution in [0.2, 0.25) is 0 Å². The highest BCUT2D eigenvalue weighted by Crippen LogP contribution is 2.14. The van der Waals surface area contributed by atoms with Crippen LogP contribution in [-0.4, -0.2) is 61.5 Å². The number of carbonyl (C=O) groups is 1. The topological polar surface area (TPSA) is 35.6 Å². The molecule has 1 N–H and O–H groups in total. The van der Waals surface area contributed by atoms with Crippen LogP contribution in [0.25, 0.3) is 0 Å². The van der Waals surface area contributed by atoms with Crippen LogP contribution in [0.15, 0.2) is 0 Å². The van der Waals surface area contributed by atoms with Crippen LogP contribution >= 0.6 is 0 Å². The number of hydrogen-bond donors (Lipinski definition) is 1. The van der Waals surface area contributed by atoms with Gasteiger partial charge in [0.1, 0.15) is 0 Å². The molecular formula is C11H23N3O. The molecule has 0 aromatic rings. The molecule has 1 aliphatic heterocycles. The van der Waals surface area contributed by atoms with Crippen molar-refractivity contribution in [3.05, 3.63) is 0 Å². The van der Waals surface area contributed by atoms with Crippen molar-refractivity contribution in [2.75, 3.05) is 33.7 Å². The first-order valence-corrected chi connectivity index (χ1v) is 5.73. The maximum atomic E-state index is 12.1. The van der Waals surface area contributed by atoms with Crippen LogP contribution in [-0.2, 0) is 4.79 Å². The fraction of sp³-hybridized carbons (Fsp3) is 0.909. The van der Waals surface area contributed by atoms with Crippen molar-refractivity contribution >= 4 is 5.91 Å². The molecule has 1 rings (SSSR count). The predicted octanol–water partition coefficient (Wildman–Crippen LogP) is 0.147. The number of nitrogens with zero attached hydrogens (tertiary/aromatic N) is 2. The van der Waals surface area contributed by atoms with Crippen molar-refractivity contribution in [2.24, 2.45) is 0 Å². The van der Waals surface area contributed by atoms with Gasteiger partial charge in [0, 0.05) is 19.1 Å². The van der Waals surface area contributed by atoms with E-state index >= 15 is 0 Å². The van der Waals surface area contributed by atoms with Gasteiger partial charge in [-0.2, -0.15) is 0 Å². The van der Waals surface area contributed by atoms with Crippen molar-refractivity contribution in [3.8, 4) is 0 Å². The van der Waals surface area contributed by atoms with E-state index < -0.39 is 0 Å². The van der Waals surface area contributed by atoms with Gasteiger partial charge in [0.2, 0.25) is 5.91 Å². The van der Waals surface area contributed by atoms with Crippen molar-refractivity contribution in [2.45, 2.75) is 32.4 Å². The summed E-state index contributed by atoms with van der Waals surface area (Å²) in [6.45, 7) is 6.91. The highest BCUT2D eigenvalue weighted by molar-refractivity contribution is 5.82. The minimum absolute atomic E-state index is 0.0635. The molecule has 1 saturated heterocycles. The smallest absolute Gasteiger partial charge is 0.240 e. The number of likely N-dealkylation sites (N-methyl/N-ethyl adjacent to an activating group) is 1. The summed E-state index contributed by atoms with van der Waals surface area (Å²) in [6.07, 6.45) is 0.898. The monoisotopic (exact) mass is 213 g/mol. The molecule has 0 radical (unpaired) electrons. The normalized spacial score (nSPS) is 23.9. The van der Waals surface area contributed by atoms with E-state index in [1.807, 2.05) is 19.0 Å². The number of carbonyl (C=O) groups excluding carboxylic acids is 1. The predicted molar refractivity (Wildman–Crippen MR) is 61.8 cm³/mol. The van der Waals surface area contributed by atoms with Gasteiger partial charge < -0.3 is 10.2 Å². The fourth-order valence-electron chi connectivity index (χ4n) is 2.05.